The van der Waals surface area contributed by atoms with Gasteiger partial charge in [-0.15, -0.1) is 0 Å². The Hall–Kier alpha value is -1.20. The van der Waals surface area contributed by atoms with E-state index in [2.05, 4.69) is 38.3 Å². The largest absolute Gasteiger partial charge is 0.316 e. The zero-order chi connectivity index (χ0) is 12.3. The molecule has 2 heterocycles. The Bertz CT molecular complexity index is 490. The number of pyridine rings is 1. The first-order valence-electron chi connectivity index (χ1n) is 5.47. The van der Waals surface area contributed by atoms with Gasteiger partial charge in [0.15, 0.2) is 0 Å². The molecule has 2 rings (SSSR count). The Morgan fingerprint density at radius 3 is 2.82 bits per heavy atom. The fourth-order valence-corrected chi connectivity index (χ4v) is 1.90. The van der Waals surface area contributed by atoms with Gasteiger partial charge in [-0.05, 0) is 42.0 Å². The van der Waals surface area contributed by atoms with Gasteiger partial charge in [-0.25, -0.2) is 0 Å². The fraction of sp³-hybridized carbons (Fsp3) is 0.333. The van der Waals surface area contributed by atoms with E-state index in [0.717, 1.165) is 16.7 Å². The number of nitrogens with one attached hydrogen (secondary N) is 1. The first-order chi connectivity index (χ1) is 8.20. The Morgan fingerprint density at radius 2 is 2.18 bits per heavy atom. The summed E-state index contributed by atoms with van der Waals surface area (Å²) < 4.78 is 2.97. The highest BCUT2D eigenvalue weighted by Crippen LogP contribution is 2.11. The standard InChI is InChI=1S/C12H15BrN4/c1-9-10(5-14-2)6-16-17(9)8-12-4-3-11(13)7-15-12/h3-4,6-7,14H,5,8H2,1-2H3. The van der Waals surface area contributed by atoms with Crippen molar-refractivity contribution in [2.24, 2.45) is 0 Å². The van der Waals surface area contributed by atoms with E-state index in [1.54, 1.807) is 0 Å². The molecule has 0 radical (unpaired) electrons. The third kappa shape index (κ3) is 2.92. The highest BCUT2D eigenvalue weighted by molar-refractivity contribution is 9.10. The lowest BCUT2D eigenvalue weighted by molar-refractivity contribution is 0.649. The predicted octanol–water partition coefficient (Wildman–Crippen LogP) is 2.12. The van der Waals surface area contributed by atoms with E-state index >= 15 is 0 Å². The lowest BCUT2D eigenvalue weighted by Crippen LogP contribution is -2.08. The molecule has 0 atom stereocenters. The van der Waals surface area contributed by atoms with Crippen LogP contribution < -0.4 is 5.32 Å². The van der Waals surface area contributed by atoms with Crippen LogP contribution >= 0.6 is 15.9 Å². The number of halogens is 1. The van der Waals surface area contributed by atoms with Crippen LogP contribution in [0.4, 0.5) is 0 Å². The summed E-state index contributed by atoms with van der Waals surface area (Å²) in [6.07, 6.45) is 3.72. The molecule has 0 bridgehead atoms. The van der Waals surface area contributed by atoms with Crippen LogP contribution in [0.5, 0.6) is 0 Å². The van der Waals surface area contributed by atoms with Crippen molar-refractivity contribution in [2.75, 3.05) is 7.05 Å². The summed E-state index contributed by atoms with van der Waals surface area (Å²) in [4.78, 5) is 4.35. The molecule has 1 N–H and O–H groups in total. The molecule has 0 unspecified atom stereocenters. The van der Waals surface area contributed by atoms with E-state index in [4.69, 9.17) is 0 Å². The van der Waals surface area contributed by atoms with Crippen molar-refractivity contribution in [3.63, 3.8) is 0 Å². The topological polar surface area (TPSA) is 42.7 Å². The monoisotopic (exact) mass is 294 g/mol. The summed E-state index contributed by atoms with van der Waals surface area (Å²) in [5.41, 5.74) is 3.42. The predicted molar refractivity (Wildman–Crippen MR) is 70.8 cm³/mol. The van der Waals surface area contributed by atoms with Crippen molar-refractivity contribution in [3.8, 4) is 0 Å². The van der Waals surface area contributed by atoms with Gasteiger partial charge in [0.05, 0.1) is 18.4 Å². The molecule has 2 aromatic heterocycles. The van der Waals surface area contributed by atoms with Gasteiger partial charge in [0, 0.05) is 28.5 Å². The highest BCUT2D eigenvalue weighted by atomic mass is 79.9. The van der Waals surface area contributed by atoms with E-state index in [1.807, 2.05) is 36.3 Å². The van der Waals surface area contributed by atoms with Gasteiger partial charge in [-0.1, -0.05) is 0 Å². The highest BCUT2D eigenvalue weighted by Gasteiger charge is 2.06. The average Bonchev–Trinajstić information content (AvgIpc) is 2.65. The van der Waals surface area contributed by atoms with Gasteiger partial charge in [0.1, 0.15) is 0 Å². The summed E-state index contributed by atoms with van der Waals surface area (Å²) in [7, 11) is 1.94. The molecule has 0 amide bonds. The molecule has 0 aromatic carbocycles. The lowest BCUT2D eigenvalue weighted by Gasteiger charge is -2.05. The smallest absolute Gasteiger partial charge is 0.0834 e. The summed E-state index contributed by atoms with van der Waals surface area (Å²) >= 11 is 3.38. The summed E-state index contributed by atoms with van der Waals surface area (Å²) in [5.74, 6) is 0. The van der Waals surface area contributed by atoms with Gasteiger partial charge in [-0.2, -0.15) is 5.10 Å². The lowest BCUT2D eigenvalue weighted by atomic mass is 10.2. The number of nitrogens with zero attached hydrogens (tertiary/aromatic N) is 3. The molecule has 0 saturated heterocycles. The van der Waals surface area contributed by atoms with Crippen LogP contribution in [0.15, 0.2) is 29.0 Å². The maximum Gasteiger partial charge on any atom is 0.0834 e. The maximum atomic E-state index is 4.38. The van der Waals surface area contributed by atoms with Crippen molar-refractivity contribution in [3.05, 3.63) is 46.0 Å². The molecule has 4 nitrogen and oxygen atoms in total. The van der Waals surface area contributed by atoms with Gasteiger partial charge in [0.25, 0.3) is 0 Å². The van der Waals surface area contributed by atoms with Crippen LogP contribution in [-0.4, -0.2) is 21.8 Å². The molecule has 0 aliphatic carbocycles. The van der Waals surface area contributed by atoms with Gasteiger partial charge >= 0.3 is 0 Å². The molecule has 0 spiro atoms. The molecule has 0 aliphatic rings. The molecular formula is C12H15BrN4. The van der Waals surface area contributed by atoms with Crippen molar-refractivity contribution in [1.29, 1.82) is 0 Å². The van der Waals surface area contributed by atoms with Crippen LogP contribution in [0.2, 0.25) is 0 Å². The number of hydrogen-bond donors (Lipinski definition) is 1. The van der Waals surface area contributed by atoms with Crippen molar-refractivity contribution in [1.82, 2.24) is 20.1 Å². The van der Waals surface area contributed by atoms with E-state index in [1.165, 1.54) is 11.3 Å². The number of aromatic nitrogens is 3. The number of rotatable bonds is 4. The van der Waals surface area contributed by atoms with E-state index in [9.17, 15) is 0 Å². The van der Waals surface area contributed by atoms with Gasteiger partial charge in [0.2, 0.25) is 0 Å². The first-order valence-corrected chi connectivity index (χ1v) is 6.26. The van der Waals surface area contributed by atoms with Crippen LogP contribution in [-0.2, 0) is 13.1 Å². The van der Waals surface area contributed by atoms with Gasteiger partial charge < -0.3 is 5.32 Å². The van der Waals surface area contributed by atoms with Crippen molar-refractivity contribution in [2.45, 2.75) is 20.0 Å². The van der Waals surface area contributed by atoms with Crippen LogP contribution in [0.1, 0.15) is 17.0 Å². The van der Waals surface area contributed by atoms with Crippen LogP contribution in [0.3, 0.4) is 0 Å². The molecule has 90 valence electrons. The minimum absolute atomic E-state index is 0.711. The zero-order valence-electron chi connectivity index (χ0n) is 9.94. The normalized spacial score (nSPS) is 10.8. The fourth-order valence-electron chi connectivity index (χ4n) is 1.66. The second-order valence-corrected chi connectivity index (χ2v) is 4.83. The first kappa shape index (κ1) is 12.3. The molecule has 5 heteroatoms. The summed E-state index contributed by atoms with van der Waals surface area (Å²) in [6.45, 7) is 3.64. The Labute approximate surface area is 109 Å². The molecule has 0 aliphatic heterocycles. The third-order valence-electron chi connectivity index (χ3n) is 2.67. The zero-order valence-corrected chi connectivity index (χ0v) is 11.5. The van der Waals surface area contributed by atoms with Gasteiger partial charge in [-0.3, -0.25) is 9.67 Å². The van der Waals surface area contributed by atoms with E-state index in [0.29, 0.717) is 6.54 Å². The van der Waals surface area contributed by atoms with Crippen molar-refractivity contribution < 1.29 is 0 Å². The SMILES string of the molecule is CNCc1cnn(Cc2ccc(Br)cn2)c1C. The molecule has 0 fully saturated rings. The Balaban J connectivity index is 2.16. The molecular weight excluding hydrogens is 280 g/mol. The second kappa shape index (κ2) is 5.42. The van der Waals surface area contributed by atoms with Crippen LogP contribution in [0, 0.1) is 6.92 Å². The quantitative estimate of drug-likeness (QED) is 0.939. The maximum absolute atomic E-state index is 4.38. The summed E-state index contributed by atoms with van der Waals surface area (Å²) in [6, 6.07) is 4.00. The Kier molecular flexibility index (Phi) is 3.91. The summed E-state index contributed by atoms with van der Waals surface area (Å²) in [5, 5.41) is 7.51. The third-order valence-corrected chi connectivity index (χ3v) is 3.14. The van der Waals surface area contributed by atoms with Crippen LogP contribution in [0.25, 0.3) is 0 Å². The number of hydrogen-bond acceptors (Lipinski definition) is 3. The minimum Gasteiger partial charge on any atom is -0.316 e. The second-order valence-electron chi connectivity index (χ2n) is 3.91. The van der Waals surface area contributed by atoms with E-state index < -0.39 is 0 Å². The van der Waals surface area contributed by atoms with E-state index in [-0.39, 0.29) is 0 Å². The van der Waals surface area contributed by atoms with Crippen molar-refractivity contribution >= 4 is 15.9 Å². The molecule has 2 aromatic rings. The Morgan fingerprint density at radius 1 is 1.35 bits per heavy atom. The molecule has 17 heavy (non-hydrogen) atoms. The average molecular weight is 295 g/mol. The minimum atomic E-state index is 0.711. The molecule has 0 saturated carbocycles.